The van der Waals surface area contributed by atoms with Crippen LogP contribution >= 0.6 is 0 Å². The second kappa shape index (κ2) is 9.42. The summed E-state index contributed by atoms with van der Waals surface area (Å²) in [5.41, 5.74) is 0.737. The highest BCUT2D eigenvalue weighted by atomic mass is 32.2. The second-order valence-corrected chi connectivity index (χ2v) is 7.80. The zero-order valence-electron chi connectivity index (χ0n) is 16.7. The van der Waals surface area contributed by atoms with Gasteiger partial charge in [0.1, 0.15) is 12.3 Å². The van der Waals surface area contributed by atoms with Gasteiger partial charge in [-0.15, -0.1) is 0 Å². The van der Waals surface area contributed by atoms with Crippen LogP contribution in [-0.4, -0.2) is 47.7 Å². The van der Waals surface area contributed by atoms with Crippen LogP contribution in [0.4, 0.5) is 5.69 Å². The van der Waals surface area contributed by atoms with Crippen molar-refractivity contribution in [2.45, 2.75) is 18.7 Å². The van der Waals surface area contributed by atoms with Crippen LogP contribution in [0.5, 0.6) is 5.75 Å². The van der Waals surface area contributed by atoms with E-state index in [9.17, 15) is 18.0 Å². The number of carbonyl (C=O) groups is 2. The summed E-state index contributed by atoms with van der Waals surface area (Å²) in [4.78, 5) is 24.1. The van der Waals surface area contributed by atoms with Crippen molar-refractivity contribution >= 4 is 27.6 Å². The largest absolute Gasteiger partial charge is 0.497 e. The third kappa shape index (κ3) is 4.86. The van der Waals surface area contributed by atoms with Crippen molar-refractivity contribution in [3.05, 3.63) is 53.6 Å². The minimum Gasteiger partial charge on any atom is -0.497 e. The van der Waals surface area contributed by atoms with E-state index in [1.54, 1.807) is 13.8 Å². The topological polar surface area (TPSA) is 99.2 Å². The van der Waals surface area contributed by atoms with Gasteiger partial charge in [0, 0.05) is 0 Å². The Kier molecular flexibility index (Phi) is 7.22. The summed E-state index contributed by atoms with van der Waals surface area (Å²) in [6, 6.07) is 10.3. The maximum absolute atomic E-state index is 13.3. The zero-order valence-corrected chi connectivity index (χ0v) is 17.5. The Bertz CT molecular complexity index is 984. The molecule has 0 atom stereocenters. The molecule has 0 radical (unpaired) electrons. The third-order valence-electron chi connectivity index (χ3n) is 4.20. The molecule has 0 fully saturated rings. The van der Waals surface area contributed by atoms with E-state index in [0.29, 0.717) is 11.3 Å². The lowest BCUT2D eigenvalue weighted by molar-refractivity contribution is -0.141. The van der Waals surface area contributed by atoms with Crippen molar-refractivity contribution in [1.82, 2.24) is 0 Å². The molecule has 2 aromatic rings. The molecule has 0 bridgehead atoms. The molecule has 0 aliphatic heterocycles. The molecular formula is C20H23NO7S. The number of carbonyl (C=O) groups excluding carboxylic acids is 2. The third-order valence-corrected chi connectivity index (χ3v) is 5.98. The Labute approximate surface area is 170 Å². The van der Waals surface area contributed by atoms with Gasteiger partial charge in [-0.05, 0) is 55.8 Å². The highest BCUT2D eigenvalue weighted by molar-refractivity contribution is 7.92. The van der Waals surface area contributed by atoms with Crippen LogP contribution < -0.4 is 9.04 Å². The van der Waals surface area contributed by atoms with E-state index in [4.69, 9.17) is 14.2 Å². The van der Waals surface area contributed by atoms with Gasteiger partial charge in [0.15, 0.2) is 0 Å². The molecule has 0 heterocycles. The second-order valence-electron chi connectivity index (χ2n) is 5.93. The number of sulfonamides is 1. The molecule has 0 saturated carbocycles. The summed E-state index contributed by atoms with van der Waals surface area (Å²) in [6.45, 7) is 2.77. The quantitative estimate of drug-likeness (QED) is 0.604. The molecule has 29 heavy (non-hydrogen) atoms. The number of nitrogens with zero attached hydrogens (tertiary/aromatic N) is 1. The first-order chi connectivity index (χ1) is 13.8. The van der Waals surface area contributed by atoms with Crippen molar-refractivity contribution in [1.29, 1.82) is 0 Å². The van der Waals surface area contributed by atoms with Gasteiger partial charge >= 0.3 is 11.9 Å². The average molecular weight is 421 g/mol. The molecule has 0 spiro atoms. The molecule has 0 saturated heterocycles. The molecular weight excluding hydrogens is 398 g/mol. The SMILES string of the molecule is CCOC(=O)CN(c1cccc(C(=O)OC)c1C)S(=O)(=O)c1ccc(OC)cc1. The van der Waals surface area contributed by atoms with Crippen molar-refractivity contribution < 1.29 is 32.2 Å². The van der Waals surface area contributed by atoms with Gasteiger partial charge in [-0.1, -0.05) is 6.07 Å². The minimum atomic E-state index is -4.14. The Balaban J connectivity index is 2.61. The number of methoxy groups -OCH3 is 2. The number of esters is 2. The number of ether oxygens (including phenoxy) is 3. The van der Waals surface area contributed by atoms with Gasteiger partial charge in [0.2, 0.25) is 0 Å². The van der Waals surface area contributed by atoms with Gasteiger partial charge in [-0.2, -0.15) is 0 Å². The minimum absolute atomic E-state index is 0.0366. The van der Waals surface area contributed by atoms with E-state index in [0.717, 1.165) is 4.31 Å². The number of anilines is 1. The molecule has 156 valence electrons. The van der Waals surface area contributed by atoms with E-state index < -0.39 is 28.5 Å². The summed E-state index contributed by atoms with van der Waals surface area (Å²) in [5.74, 6) is -0.834. The fourth-order valence-corrected chi connectivity index (χ4v) is 4.19. The van der Waals surface area contributed by atoms with Gasteiger partial charge in [0.05, 0.1) is 37.0 Å². The molecule has 2 aromatic carbocycles. The molecule has 0 aromatic heterocycles. The summed E-state index contributed by atoms with van der Waals surface area (Å²) in [5, 5.41) is 0. The van der Waals surface area contributed by atoms with E-state index in [1.165, 1.54) is 56.7 Å². The predicted octanol–water partition coefficient (Wildman–Crippen LogP) is 2.55. The molecule has 0 aliphatic carbocycles. The summed E-state index contributed by atoms with van der Waals surface area (Å²) < 4.78 is 42.4. The monoisotopic (exact) mass is 421 g/mol. The summed E-state index contributed by atoms with van der Waals surface area (Å²) in [7, 11) is -1.43. The van der Waals surface area contributed by atoms with Crippen LogP contribution in [0.2, 0.25) is 0 Å². The van der Waals surface area contributed by atoms with Crippen molar-refractivity contribution in [2.24, 2.45) is 0 Å². The van der Waals surface area contributed by atoms with Gasteiger partial charge in [-0.25, -0.2) is 13.2 Å². The number of hydrogen-bond donors (Lipinski definition) is 0. The van der Waals surface area contributed by atoms with E-state index in [2.05, 4.69) is 0 Å². The molecule has 0 amide bonds. The van der Waals surface area contributed by atoms with Crippen LogP contribution in [-0.2, 0) is 24.3 Å². The Morgan fingerprint density at radius 3 is 2.24 bits per heavy atom. The van der Waals surface area contributed by atoms with Crippen molar-refractivity contribution in [3.63, 3.8) is 0 Å². The van der Waals surface area contributed by atoms with Crippen LogP contribution in [0.15, 0.2) is 47.4 Å². The zero-order chi connectivity index (χ0) is 21.6. The molecule has 0 N–H and O–H groups in total. The number of benzene rings is 2. The Morgan fingerprint density at radius 1 is 1.03 bits per heavy atom. The van der Waals surface area contributed by atoms with Crippen molar-refractivity contribution in [2.75, 3.05) is 31.7 Å². The fraction of sp³-hybridized carbons (Fsp3) is 0.300. The van der Waals surface area contributed by atoms with Crippen molar-refractivity contribution in [3.8, 4) is 5.75 Å². The lowest BCUT2D eigenvalue weighted by Crippen LogP contribution is -2.37. The lowest BCUT2D eigenvalue weighted by Gasteiger charge is -2.26. The highest BCUT2D eigenvalue weighted by Crippen LogP contribution is 2.30. The summed E-state index contributed by atoms with van der Waals surface area (Å²) in [6.07, 6.45) is 0. The first-order valence-electron chi connectivity index (χ1n) is 8.76. The fourth-order valence-electron chi connectivity index (χ4n) is 2.72. The molecule has 0 aliphatic rings. The van der Waals surface area contributed by atoms with E-state index in [-0.39, 0.29) is 22.8 Å². The maximum atomic E-state index is 13.3. The van der Waals surface area contributed by atoms with Crippen LogP contribution in [0.1, 0.15) is 22.8 Å². The molecule has 9 heteroatoms. The normalized spacial score (nSPS) is 10.9. The lowest BCUT2D eigenvalue weighted by atomic mass is 10.1. The van der Waals surface area contributed by atoms with Gasteiger partial charge in [0.25, 0.3) is 10.0 Å². The maximum Gasteiger partial charge on any atom is 0.338 e. The van der Waals surface area contributed by atoms with E-state index >= 15 is 0 Å². The first-order valence-corrected chi connectivity index (χ1v) is 10.2. The number of rotatable bonds is 8. The Morgan fingerprint density at radius 2 is 1.69 bits per heavy atom. The number of hydrogen-bond acceptors (Lipinski definition) is 7. The molecule has 0 unspecified atom stereocenters. The van der Waals surface area contributed by atoms with Gasteiger partial charge in [-0.3, -0.25) is 9.10 Å². The van der Waals surface area contributed by atoms with Crippen LogP contribution in [0, 0.1) is 6.92 Å². The average Bonchev–Trinajstić information content (AvgIpc) is 2.72. The standard InChI is InChI=1S/C20H23NO7S/c1-5-28-19(22)13-21(18-8-6-7-17(14(18)2)20(23)27-4)29(24,25)16-11-9-15(26-3)10-12-16/h6-12H,5,13H2,1-4H3. The Hall–Kier alpha value is -3.07. The summed E-state index contributed by atoms with van der Waals surface area (Å²) >= 11 is 0. The molecule has 8 nitrogen and oxygen atoms in total. The highest BCUT2D eigenvalue weighted by Gasteiger charge is 2.30. The van der Waals surface area contributed by atoms with Crippen LogP contribution in [0.3, 0.4) is 0 Å². The smallest absolute Gasteiger partial charge is 0.338 e. The first kappa shape index (κ1) is 22.2. The molecule has 2 rings (SSSR count). The van der Waals surface area contributed by atoms with E-state index in [1.807, 2.05) is 0 Å². The van der Waals surface area contributed by atoms with Gasteiger partial charge < -0.3 is 14.2 Å². The predicted molar refractivity (Wildman–Crippen MR) is 107 cm³/mol. The van der Waals surface area contributed by atoms with Crippen LogP contribution in [0.25, 0.3) is 0 Å².